The first kappa shape index (κ1) is 16.1. The van der Waals surface area contributed by atoms with Crippen LogP contribution < -0.4 is 5.32 Å². The number of carboxylic acids is 1. The summed E-state index contributed by atoms with van der Waals surface area (Å²) in [6.07, 6.45) is -5.23. The van der Waals surface area contributed by atoms with Crippen molar-refractivity contribution >= 4 is 17.3 Å². The molecule has 0 aromatic heterocycles. The lowest BCUT2D eigenvalue weighted by Gasteiger charge is -2.35. The van der Waals surface area contributed by atoms with Crippen LogP contribution >= 0.6 is 0 Å². The number of aromatic carboxylic acids is 1. The zero-order valence-electron chi connectivity index (χ0n) is 11.1. The van der Waals surface area contributed by atoms with Gasteiger partial charge in [0.25, 0.3) is 5.69 Å². The SMILES string of the molecule is O=C(O)c1ccc(NC2OCC(O)C(O)C2O)cc1[N+](=O)[O-]. The van der Waals surface area contributed by atoms with E-state index in [-0.39, 0.29) is 12.3 Å². The second-order valence-corrected chi connectivity index (χ2v) is 4.74. The van der Waals surface area contributed by atoms with E-state index in [1.54, 1.807) is 0 Å². The molecule has 1 aromatic carbocycles. The summed E-state index contributed by atoms with van der Waals surface area (Å²) in [6, 6.07) is 3.30. The number of carboxylic acid groups (broad SMARTS) is 1. The number of hydrogen-bond acceptors (Lipinski definition) is 8. The third-order valence-corrected chi connectivity index (χ3v) is 3.23. The molecule has 0 bridgehead atoms. The lowest BCUT2D eigenvalue weighted by Crippen LogP contribution is -2.55. The average molecular weight is 314 g/mol. The summed E-state index contributed by atoms with van der Waals surface area (Å²) in [4.78, 5) is 21.0. The fourth-order valence-corrected chi connectivity index (χ4v) is 2.05. The first-order valence-corrected chi connectivity index (χ1v) is 6.25. The summed E-state index contributed by atoms with van der Waals surface area (Å²) in [5.74, 6) is -1.44. The summed E-state index contributed by atoms with van der Waals surface area (Å²) in [5.41, 5.74) is -0.969. The molecule has 5 N–H and O–H groups in total. The predicted molar refractivity (Wildman–Crippen MR) is 71.4 cm³/mol. The van der Waals surface area contributed by atoms with E-state index >= 15 is 0 Å². The van der Waals surface area contributed by atoms with Gasteiger partial charge in [-0.05, 0) is 12.1 Å². The van der Waals surface area contributed by atoms with E-state index in [1.165, 1.54) is 6.07 Å². The number of carbonyl (C=O) groups is 1. The molecule has 1 heterocycles. The Morgan fingerprint density at radius 3 is 2.59 bits per heavy atom. The van der Waals surface area contributed by atoms with Crippen molar-refractivity contribution in [2.45, 2.75) is 24.5 Å². The highest BCUT2D eigenvalue weighted by Crippen LogP contribution is 2.25. The molecule has 2 rings (SSSR count). The molecule has 4 atom stereocenters. The van der Waals surface area contributed by atoms with Crippen molar-refractivity contribution in [3.05, 3.63) is 33.9 Å². The molecular weight excluding hydrogens is 300 g/mol. The normalized spacial score (nSPS) is 28.1. The number of aliphatic hydroxyl groups is 3. The van der Waals surface area contributed by atoms with Crippen LogP contribution in [0.3, 0.4) is 0 Å². The number of nitro benzene ring substituents is 1. The highest BCUT2D eigenvalue weighted by atomic mass is 16.6. The van der Waals surface area contributed by atoms with E-state index < -0.39 is 46.7 Å². The van der Waals surface area contributed by atoms with Gasteiger partial charge in [0.2, 0.25) is 0 Å². The van der Waals surface area contributed by atoms with Crippen molar-refractivity contribution in [2.24, 2.45) is 0 Å². The van der Waals surface area contributed by atoms with Crippen LogP contribution in [0, 0.1) is 10.1 Å². The van der Waals surface area contributed by atoms with Gasteiger partial charge in [0.15, 0.2) is 6.23 Å². The molecule has 0 spiro atoms. The maximum absolute atomic E-state index is 10.9. The topological polar surface area (TPSA) is 162 Å². The van der Waals surface area contributed by atoms with Crippen LogP contribution in [-0.2, 0) is 4.74 Å². The summed E-state index contributed by atoms with van der Waals surface area (Å²) < 4.78 is 5.10. The van der Waals surface area contributed by atoms with Crippen LogP contribution in [0.5, 0.6) is 0 Å². The molecule has 0 amide bonds. The van der Waals surface area contributed by atoms with Gasteiger partial charge in [0.1, 0.15) is 23.9 Å². The maximum Gasteiger partial charge on any atom is 0.342 e. The largest absolute Gasteiger partial charge is 0.477 e. The van der Waals surface area contributed by atoms with Crippen LogP contribution in [0.15, 0.2) is 18.2 Å². The van der Waals surface area contributed by atoms with Crippen molar-refractivity contribution in [1.29, 1.82) is 0 Å². The Morgan fingerprint density at radius 2 is 2.00 bits per heavy atom. The summed E-state index contributed by atoms with van der Waals surface area (Å²) in [6.45, 7) is -0.231. The summed E-state index contributed by atoms with van der Waals surface area (Å²) >= 11 is 0. The molecule has 4 unspecified atom stereocenters. The number of rotatable bonds is 4. The third-order valence-electron chi connectivity index (χ3n) is 3.23. The van der Waals surface area contributed by atoms with Crippen molar-refractivity contribution in [3.63, 3.8) is 0 Å². The predicted octanol–water partition coefficient (Wildman–Crippen LogP) is -0.856. The molecule has 1 aromatic rings. The smallest absolute Gasteiger partial charge is 0.342 e. The zero-order valence-corrected chi connectivity index (χ0v) is 11.1. The molecule has 1 fully saturated rings. The number of benzene rings is 1. The Hall–Kier alpha value is -2.27. The van der Waals surface area contributed by atoms with Gasteiger partial charge in [-0.15, -0.1) is 0 Å². The highest BCUT2D eigenvalue weighted by molar-refractivity contribution is 5.93. The van der Waals surface area contributed by atoms with Crippen molar-refractivity contribution in [1.82, 2.24) is 0 Å². The standard InChI is InChI=1S/C12H14N2O8/c15-8-4-22-11(10(17)9(8)16)13-5-1-2-6(12(18)19)7(3-5)14(20)21/h1-3,8-11,13,15-17H,4H2,(H,18,19). The fourth-order valence-electron chi connectivity index (χ4n) is 2.05. The van der Waals surface area contributed by atoms with E-state index in [4.69, 9.17) is 9.84 Å². The van der Waals surface area contributed by atoms with Gasteiger partial charge in [-0.3, -0.25) is 10.1 Å². The molecule has 0 saturated carbocycles. The van der Waals surface area contributed by atoms with E-state index in [1.807, 2.05) is 0 Å². The van der Waals surface area contributed by atoms with Gasteiger partial charge in [-0.25, -0.2) is 4.79 Å². The highest BCUT2D eigenvalue weighted by Gasteiger charge is 2.37. The monoisotopic (exact) mass is 314 g/mol. The molecule has 10 heteroatoms. The van der Waals surface area contributed by atoms with Crippen molar-refractivity contribution in [2.75, 3.05) is 11.9 Å². The number of hydrogen-bond donors (Lipinski definition) is 5. The number of nitro groups is 1. The van der Waals surface area contributed by atoms with E-state index in [2.05, 4.69) is 5.32 Å². The molecule has 1 aliphatic heterocycles. The molecule has 0 radical (unpaired) electrons. The Labute approximate surface area is 123 Å². The van der Waals surface area contributed by atoms with Crippen molar-refractivity contribution in [3.8, 4) is 0 Å². The van der Waals surface area contributed by atoms with Crippen LogP contribution in [0.1, 0.15) is 10.4 Å². The average Bonchev–Trinajstić information content (AvgIpc) is 2.47. The van der Waals surface area contributed by atoms with Gasteiger partial charge in [-0.1, -0.05) is 0 Å². The number of nitrogens with one attached hydrogen (secondary N) is 1. The maximum atomic E-state index is 10.9. The number of anilines is 1. The second kappa shape index (κ2) is 6.23. The van der Waals surface area contributed by atoms with Crippen molar-refractivity contribution < 1.29 is 34.9 Å². The Balaban J connectivity index is 2.22. The molecular formula is C12H14N2O8. The Bertz CT molecular complexity index is 592. The third kappa shape index (κ3) is 3.14. The van der Waals surface area contributed by atoms with Gasteiger partial charge >= 0.3 is 5.97 Å². The number of nitrogens with zero attached hydrogens (tertiary/aromatic N) is 1. The molecule has 10 nitrogen and oxygen atoms in total. The zero-order chi connectivity index (χ0) is 16.4. The van der Waals surface area contributed by atoms with Crippen LogP contribution in [0.4, 0.5) is 11.4 Å². The van der Waals surface area contributed by atoms with Crippen LogP contribution in [-0.4, -0.2) is 62.5 Å². The number of aliphatic hydroxyl groups excluding tert-OH is 3. The van der Waals surface area contributed by atoms with Gasteiger partial charge in [0.05, 0.1) is 11.5 Å². The summed E-state index contributed by atoms with van der Waals surface area (Å²) in [5, 5.41) is 51.0. The minimum Gasteiger partial charge on any atom is -0.477 e. The van der Waals surface area contributed by atoms with E-state index in [0.29, 0.717) is 0 Å². The van der Waals surface area contributed by atoms with Crippen LogP contribution in [0.25, 0.3) is 0 Å². The lowest BCUT2D eigenvalue weighted by atomic mass is 10.0. The first-order valence-electron chi connectivity index (χ1n) is 6.25. The molecule has 0 aliphatic carbocycles. The Morgan fingerprint density at radius 1 is 1.32 bits per heavy atom. The first-order chi connectivity index (χ1) is 10.3. The van der Waals surface area contributed by atoms with E-state index in [0.717, 1.165) is 12.1 Å². The molecule has 120 valence electrons. The number of ether oxygens (including phenoxy) is 1. The fraction of sp³-hybridized carbons (Fsp3) is 0.417. The van der Waals surface area contributed by atoms with Gasteiger partial charge in [0, 0.05) is 11.8 Å². The second-order valence-electron chi connectivity index (χ2n) is 4.74. The van der Waals surface area contributed by atoms with Gasteiger partial charge < -0.3 is 30.5 Å². The summed E-state index contributed by atoms with van der Waals surface area (Å²) in [7, 11) is 0. The van der Waals surface area contributed by atoms with Gasteiger partial charge in [-0.2, -0.15) is 0 Å². The Kier molecular flexibility index (Phi) is 4.56. The van der Waals surface area contributed by atoms with Crippen LogP contribution in [0.2, 0.25) is 0 Å². The molecule has 1 saturated heterocycles. The van der Waals surface area contributed by atoms with E-state index in [9.17, 15) is 30.2 Å². The lowest BCUT2D eigenvalue weighted by molar-refractivity contribution is -0.385. The molecule has 22 heavy (non-hydrogen) atoms. The molecule has 1 aliphatic rings. The minimum absolute atomic E-state index is 0.129. The quantitative estimate of drug-likeness (QED) is 0.351. The minimum atomic E-state index is -1.46.